The van der Waals surface area contributed by atoms with Crippen molar-refractivity contribution in [3.8, 4) is 0 Å². The number of nitrogens with zero attached hydrogens (tertiary/aromatic N) is 1. The van der Waals surface area contributed by atoms with Gasteiger partial charge in [0, 0.05) is 29.4 Å². The molecule has 1 unspecified atom stereocenters. The van der Waals surface area contributed by atoms with Crippen LogP contribution in [0.2, 0.25) is 5.02 Å². The Labute approximate surface area is 113 Å². The highest BCUT2D eigenvalue weighted by atomic mass is 35.5. The largest absolute Gasteiger partial charge is 0.312 e. The predicted octanol–water partition coefficient (Wildman–Crippen LogP) is 3.22. The van der Waals surface area contributed by atoms with Crippen molar-refractivity contribution in [2.24, 2.45) is 5.92 Å². The number of halogens is 1. The molecule has 0 radical (unpaired) electrons. The number of thiophene rings is 1. The van der Waals surface area contributed by atoms with E-state index in [-0.39, 0.29) is 0 Å². The molecular formula is C13H21ClN2S. The molecule has 1 aromatic rings. The molecule has 4 heteroatoms. The zero-order valence-corrected chi connectivity index (χ0v) is 12.2. The second kappa shape index (κ2) is 6.19. The zero-order valence-electron chi connectivity index (χ0n) is 10.6. The van der Waals surface area contributed by atoms with Crippen LogP contribution >= 0.6 is 22.9 Å². The summed E-state index contributed by atoms with van der Waals surface area (Å²) < 4.78 is 0. The average molecular weight is 273 g/mol. The van der Waals surface area contributed by atoms with Crippen molar-refractivity contribution in [2.45, 2.75) is 32.9 Å². The second-order valence-corrected chi connectivity index (χ2v) is 6.54. The molecular weight excluding hydrogens is 252 g/mol. The number of hydrogen-bond donors (Lipinski definition) is 1. The van der Waals surface area contributed by atoms with Crippen molar-refractivity contribution in [1.29, 1.82) is 0 Å². The molecule has 0 saturated carbocycles. The van der Waals surface area contributed by atoms with Gasteiger partial charge >= 0.3 is 0 Å². The van der Waals surface area contributed by atoms with Gasteiger partial charge in [-0.15, -0.1) is 11.3 Å². The van der Waals surface area contributed by atoms with E-state index in [4.69, 9.17) is 11.6 Å². The smallest absolute Gasteiger partial charge is 0.0516 e. The zero-order chi connectivity index (χ0) is 12.3. The second-order valence-electron chi connectivity index (χ2n) is 5.11. The minimum atomic E-state index is 0.691. The maximum Gasteiger partial charge on any atom is 0.0516 e. The highest BCUT2D eigenvalue weighted by molar-refractivity contribution is 7.10. The van der Waals surface area contributed by atoms with Crippen LogP contribution in [0.15, 0.2) is 11.4 Å². The lowest BCUT2D eigenvalue weighted by molar-refractivity contribution is 0.264. The van der Waals surface area contributed by atoms with Gasteiger partial charge in [0.05, 0.1) is 5.02 Å². The first-order valence-corrected chi connectivity index (χ1v) is 7.58. The highest BCUT2D eigenvalue weighted by Gasteiger charge is 2.23. The molecule has 96 valence electrons. The van der Waals surface area contributed by atoms with Crippen molar-refractivity contribution in [3.63, 3.8) is 0 Å². The topological polar surface area (TPSA) is 15.3 Å². The fourth-order valence-corrected chi connectivity index (χ4v) is 3.39. The van der Waals surface area contributed by atoms with Crippen molar-refractivity contribution >= 4 is 22.9 Å². The van der Waals surface area contributed by atoms with Gasteiger partial charge in [0.2, 0.25) is 0 Å². The molecule has 17 heavy (non-hydrogen) atoms. The minimum absolute atomic E-state index is 0.691. The van der Waals surface area contributed by atoms with Crippen molar-refractivity contribution in [3.05, 3.63) is 21.3 Å². The Kier molecular flexibility index (Phi) is 4.86. The first kappa shape index (κ1) is 13.3. The Morgan fingerprint density at radius 1 is 1.59 bits per heavy atom. The third-order valence-corrected chi connectivity index (χ3v) is 4.69. The lowest BCUT2D eigenvalue weighted by Gasteiger charge is -2.20. The molecule has 0 aromatic carbocycles. The maximum absolute atomic E-state index is 5.90. The molecule has 2 rings (SSSR count). The van der Waals surface area contributed by atoms with Gasteiger partial charge in [0.1, 0.15) is 0 Å². The van der Waals surface area contributed by atoms with E-state index in [1.165, 1.54) is 24.4 Å². The number of hydrogen-bond acceptors (Lipinski definition) is 3. The summed E-state index contributed by atoms with van der Waals surface area (Å²) in [6, 6.07) is 2.74. The average Bonchev–Trinajstić information content (AvgIpc) is 2.88. The standard InChI is InChI=1S/C13H21ClN2S/c1-10(2)16-4-3-11(8-16)6-15-7-13-5-12(14)9-17-13/h5,9-11,15H,3-4,6-8H2,1-2H3. The third-order valence-electron chi connectivity index (χ3n) is 3.40. The van der Waals surface area contributed by atoms with E-state index in [9.17, 15) is 0 Å². The molecule has 1 aliphatic rings. The molecule has 0 aliphatic carbocycles. The summed E-state index contributed by atoms with van der Waals surface area (Å²) in [5.41, 5.74) is 0. The van der Waals surface area contributed by atoms with E-state index < -0.39 is 0 Å². The van der Waals surface area contributed by atoms with Gasteiger partial charge < -0.3 is 10.2 Å². The SMILES string of the molecule is CC(C)N1CCC(CNCc2cc(Cl)cs2)C1. The molecule has 1 aromatic heterocycles. The van der Waals surface area contributed by atoms with E-state index in [0.717, 1.165) is 24.0 Å². The summed E-state index contributed by atoms with van der Waals surface area (Å²) in [5.74, 6) is 0.813. The Morgan fingerprint density at radius 2 is 2.41 bits per heavy atom. The van der Waals surface area contributed by atoms with Gasteiger partial charge in [-0.2, -0.15) is 0 Å². The van der Waals surface area contributed by atoms with Crippen molar-refractivity contribution in [1.82, 2.24) is 10.2 Å². The fraction of sp³-hybridized carbons (Fsp3) is 0.692. The summed E-state index contributed by atoms with van der Waals surface area (Å²) in [6.45, 7) is 9.14. The Morgan fingerprint density at radius 3 is 3.00 bits per heavy atom. The van der Waals surface area contributed by atoms with Crippen LogP contribution in [0.25, 0.3) is 0 Å². The van der Waals surface area contributed by atoms with Crippen LogP contribution in [-0.4, -0.2) is 30.6 Å². The van der Waals surface area contributed by atoms with Gasteiger partial charge in [-0.3, -0.25) is 0 Å². The van der Waals surface area contributed by atoms with Crippen molar-refractivity contribution in [2.75, 3.05) is 19.6 Å². The molecule has 1 saturated heterocycles. The van der Waals surface area contributed by atoms with Crippen molar-refractivity contribution < 1.29 is 0 Å². The third kappa shape index (κ3) is 3.95. The molecule has 1 aliphatic heterocycles. The summed E-state index contributed by atoms with van der Waals surface area (Å²) >= 11 is 7.63. The summed E-state index contributed by atoms with van der Waals surface area (Å²) in [4.78, 5) is 3.89. The molecule has 0 spiro atoms. The van der Waals surface area contributed by atoms with Crippen LogP contribution in [-0.2, 0) is 6.54 Å². The van der Waals surface area contributed by atoms with Crippen LogP contribution in [0, 0.1) is 5.92 Å². The van der Waals surface area contributed by atoms with Crippen LogP contribution < -0.4 is 5.32 Å². The van der Waals surface area contributed by atoms with Gasteiger partial charge in [-0.1, -0.05) is 11.6 Å². The van der Waals surface area contributed by atoms with E-state index in [1.54, 1.807) is 11.3 Å². The summed E-state index contributed by atoms with van der Waals surface area (Å²) in [5, 5.41) is 6.40. The molecule has 1 fully saturated rings. The van der Waals surface area contributed by atoms with Crippen LogP contribution in [0.3, 0.4) is 0 Å². The number of likely N-dealkylation sites (tertiary alicyclic amines) is 1. The van der Waals surface area contributed by atoms with E-state index in [0.29, 0.717) is 6.04 Å². The van der Waals surface area contributed by atoms with E-state index in [2.05, 4.69) is 24.1 Å². The monoisotopic (exact) mass is 272 g/mol. The minimum Gasteiger partial charge on any atom is -0.312 e. The molecule has 0 amide bonds. The van der Waals surface area contributed by atoms with Gasteiger partial charge in [-0.05, 0) is 45.3 Å². The molecule has 1 atom stereocenters. The van der Waals surface area contributed by atoms with Crippen LogP contribution in [0.5, 0.6) is 0 Å². The first-order valence-electron chi connectivity index (χ1n) is 6.33. The normalized spacial score (nSPS) is 21.5. The Bertz CT molecular complexity index is 351. The maximum atomic E-state index is 5.90. The molecule has 1 N–H and O–H groups in total. The molecule has 0 bridgehead atoms. The predicted molar refractivity (Wildman–Crippen MR) is 75.9 cm³/mol. The van der Waals surface area contributed by atoms with Crippen LogP contribution in [0.4, 0.5) is 0 Å². The van der Waals surface area contributed by atoms with E-state index >= 15 is 0 Å². The lowest BCUT2D eigenvalue weighted by Crippen LogP contribution is -2.30. The first-order chi connectivity index (χ1) is 8.15. The van der Waals surface area contributed by atoms with Gasteiger partial charge in [0.15, 0.2) is 0 Å². The Balaban J connectivity index is 1.66. The fourth-order valence-electron chi connectivity index (χ4n) is 2.34. The van der Waals surface area contributed by atoms with Gasteiger partial charge in [0.25, 0.3) is 0 Å². The number of nitrogens with one attached hydrogen (secondary N) is 1. The van der Waals surface area contributed by atoms with Crippen LogP contribution in [0.1, 0.15) is 25.1 Å². The summed E-state index contributed by atoms with van der Waals surface area (Å²) in [7, 11) is 0. The highest BCUT2D eigenvalue weighted by Crippen LogP contribution is 2.20. The lowest BCUT2D eigenvalue weighted by atomic mass is 10.1. The molecule has 2 heterocycles. The Hall–Kier alpha value is -0.0900. The van der Waals surface area contributed by atoms with E-state index in [1.807, 2.05) is 11.4 Å². The molecule has 2 nitrogen and oxygen atoms in total. The quantitative estimate of drug-likeness (QED) is 0.885. The summed E-state index contributed by atoms with van der Waals surface area (Å²) in [6.07, 6.45) is 1.33. The number of rotatable bonds is 5. The van der Waals surface area contributed by atoms with Gasteiger partial charge in [-0.25, -0.2) is 0 Å².